The topological polar surface area (TPSA) is 54.0 Å². The predicted octanol–water partition coefficient (Wildman–Crippen LogP) is 4.41. The van der Waals surface area contributed by atoms with Crippen LogP contribution in [0.3, 0.4) is 0 Å². The maximum Gasteiger partial charge on any atom is 0.259 e. The fraction of sp³-hybridized carbons (Fsp3) is 0.200. The van der Waals surface area contributed by atoms with E-state index in [1.54, 1.807) is 30.6 Å². The number of carbonyl (C=O) groups excluding carboxylic acids is 1. The molecule has 0 saturated carbocycles. The molecule has 1 amide bonds. The average molecular weight is 416 g/mol. The number of benzene rings is 1. The van der Waals surface area contributed by atoms with Gasteiger partial charge in [0.05, 0.1) is 22.0 Å². The number of anilines is 2. The van der Waals surface area contributed by atoms with E-state index in [1.807, 2.05) is 6.07 Å². The van der Waals surface area contributed by atoms with E-state index in [2.05, 4.69) is 45.1 Å². The van der Waals surface area contributed by atoms with Gasteiger partial charge in [0.25, 0.3) is 5.91 Å². The van der Waals surface area contributed by atoms with Crippen LogP contribution >= 0.6 is 34.2 Å². The number of nitrogens with zero attached hydrogens (tertiary/aromatic N) is 1. The maximum absolute atomic E-state index is 12.4. The van der Waals surface area contributed by atoms with E-state index in [1.165, 1.54) is 0 Å². The highest BCUT2D eigenvalue weighted by molar-refractivity contribution is 14.1. The Balaban J connectivity index is 2.20. The van der Waals surface area contributed by atoms with Gasteiger partial charge in [-0.25, -0.2) is 0 Å². The van der Waals surface area contributed by atoms with E-state index in [-0.39, 0.29) is 5.91 Å². The SMILES string of the molecule is CCCNc1ccncc1C(=O)Nc1ccc(I)cc1Cl. The van der Waals surface area contributed by atoms with Gasteiger partial charge in [-0.05, 0) is 53.3 Å². The highest BCUT2D eigenvalue weighted by Gasteiger charge is 2.13. The minimum Gasteiger partial charge on any atom is -0.384 e. The van der Waals surface area contributed by atoms with Crippen molar-refractivity contribution in [1.29, 1.82) is 0 Å². The monoisotopic (exact) mass is 415 g/mol. The number of halogens is 2. The van der Waals surface area contributed by atoms with E-state index < -0.39 is 0 Å². The lowest BCUT2D eigenvalue weighted by Crippen LogP contribution is -2.15. The van der Waals surface area contributed by atoms with Crippen molar-refractivity contribution in [3.63, 3.8) is 0 Å². The van der Waals surface area contributed by atoms with Crippen LogP contribution in [0.1, 0.15) is 23.7 Å². The quantitative estimate of drug-likeness (QED) is 0.711. The third-order valence-corrected chi connectivity index (χ3v) is 3.79. The summed E-state index contributed by atoms with van der Waals surface area (Å²) in [6, 6.07) is 7.27. The molecule has 1 aromatic carbocycles. The van der Waals surface area contributed by atoms with E-state index in [9.17, 15) is 4.79 Å². The molecule has 0 bridgehead atoms. The van der Waals surface area contributed by atoms with Crippen LogP contribution in [0.15, 0.2) is 36.7 Å². The molecule has 0 unspecified atom stereocenters. The van der Waals surface area contributed by atoms with Gasteiger partial charge in [0.1, 0.15) is 0 Å². The Morgan fingerprint density at radius 3 is 2.86 bits per heavy atom. The van der Waals surface area contributed by atoms with Gasteiger partial charge in [-0.1, -0.05) is 18.5 Å². The van der Waals surface area contributed by atoms with Crippen LogP contribution in [0.2, 0.25) is 5.02 Å². The second kappa shape index (κ2) is 7.61. The highest BCUT2D eigenvalue weighted by Crippen LogP contribution is 2.25. The summed E-state index contributed by atoms with van der Waals surface area (Å²) in [7, 11) is 0. The van der Waals surface area contributed by atoms with Crippen molar-refractivity contribution in [3.05, 3.63) is 50.8 Å². The summed E-state index contributed by atoms with van der Waals surface area (Å²) in [4.78, 5) is 16.4. The first-order chi connectivity index (χ1) is 10.1. The fourth-order valence-electron chi connectivity index (χ4n) is 1.77. The molecule has 0 saturated heterocycles. The standard InChI is InChI=1S/C15H15ClIN3O/c1-2-6-19-13-5-7-18-9-11(13)15(21)20-14-4-3-10(17)8-12(14)16/h3-5,7-9H,2,6H2,1H3,(H,18,19)(H,20,21). The minimum absolute atomic E-state index is 0.232. The van der Waals surface area contributed by atoms with E-state index >= 15 is 0 Å². The molecular weight excluding hydrogens is 401 g/mol. The Bertz CT molecular complexity index is 649. The molecule has 2 rings (SSSR count). The van der Waals surface area contributed by atoms with Gasteiger partial charge in [0.2, 0.25) is 0 Å². The number of rotatable bonds is 5. The van der Waals surface area contributed by atoms with Gasteiger partial charge in [-0.3, -0.25) is 9.78 Å². The summed E-state index contributed by atoms with van der Waals surface area (Å²) in [5, 5.41) is 6.55. The smallest absolute Gasteiger partial charge is 0.259 e. The third-order valence-electron chi connectivity index (χ3n) is 2.81. The van der Waals surface area contributed by atoms with Gasteiger partial charge in [0, 0.05) is 22.5 Å². The molecule has 21 heavy (non-hydrogen) atoms. The van der Waals surface area contributed by atoms with E-state index in [0.29, 0.717) is 16.3 Å². The third kappa shape index (κ3) is 4.31. The molecule has 6 heteroatoms. The molecule has 1 heterocycles. The summed E-state index contributed by atoms with van der Waals surface area (Å²) in [5.41, 5.74) is 1.86. The summed E-state index contributed by atoms with van der Waals surface area (Å²) in [5.74, 6) is -0.232. The number of amides is 1. The Labute approximate surface area is 142 Å². The van der Waals surface area contributed by atoms with Gasteiger partial charge >= 0.3 is 0 Å². The van der Waals surface area contributed by atoms with Gasteiger partial charge in [0.15, 0.2) is 0 Å². The van der Waals surface area contributed by atoms with Crippen molar-refractivity contribution in [2.24, 2.45) is 0 Å². The van der Waals surface area contributed by atoms with Gasteiger partial charge in [-0.2, -0.15) is 0 Å². The first-order valence-electron chi connectivity index (χ1n) is 6.56. The molecule has 0 spiro atoms. The molecule has 1 aromatic heterocycles. The van der Waals surface area contributed by atoms with Crippen molar-refractivity contribution in [3.8, 4) is 0 Å². The number of nitrogens with one attached hydrogen (secondary N) is 2. The van der Waals surface area contributed by atoms with Crippen LogP contribution in [-0.2, 0) is 0 Å². The highest BCUT2D eigenvalue weighted by atomic mass is 127. The van der Waals surface area contributed by atoms with E-state index in [0.717, 1.165) is 22.2 Å². The Hall–Kier alpha value is -1.34. The summed E-state index contributed by atoms with van der Waals surface area (Å²) in [6.07, 6.45) is 4.19. The van der Waals surface area contributed by atoms with Crippen molar-refractivity contribution < 1.29 is 4.79 Å². The normalized spacial score (nSPS) is 10.2. The lowest BCUT2D eigenvalue weighted by Gasteiger charge is -2.12. The van der Waals surface area contributed by atoms with Crippen LogP contribution in [-0.4, -0.2) is 17.4 Å². The zero-order valence-corrected chi connectivity index (χ0v) is 14.4. The first-order valence-corrected chi connectivity index (χ1v) is 8.01. The zero-order valence-electron chi connectivity index (χ0n) is 11.5. The number of aromatic nitrogens is 1. The summed E-state index contributed by atoms with van der Waals surface area (Å²) >= 11 is 8.30. The maximum atomic E-state index is 12.4. The molecule has 0 fully saturated rings. The lowest BCUT2D eigenvalue weighted by atomic mass is 10.2. The largest absolute Gasteiger partial charge is 0.384 e. The average Bonchev–Trinajstić information content (AvgIpc) is 2.48. The predicted molar refractivity (Wildman–Crippen MR) is 95.1 cm³/mol. The van der Waals surface area contributed by atoms with Crippen molar-refractivity contribution >= 4 is 51.5 Å². The number of hydrogen-bond donors (Lipinski definition) is 2. The second-order valence-electron chi connectivity index (χ2n) is 4.43. The Morgan fingerprint density at radius 2 is 2.14 bits per heavy atom. The molecule has 0 aliphatic heterocycles. The van der Waals surface area contributed by atoms with Crippen molar-refractivity contribution in [2.45, 2.75) is 13.3 Å². The molecule has 4 nitrogen and oxygen atoms in total. The zero-order chi connectivity index (χ0) is 15.2. The minimum atomic E-state index is -0.232. The van der Waals surface area contributed by atoms with Crippen molar-refractivity contribution in [1.82, 2.24) is 4.98 Å². The molecule has 0 atom stereocenters. The molecule has 0 aliphatic rings. The Morgan fingerprint density at radius 1 is 1.33 bits per heavy atom. The molecule has 2 aromatic rings. The molecular formula is C15H15ClIN3O. The number of pyridine rings is 1. The van der Waals surface area contributed by atoms with Crippen LogP contribution in [0.4, 0.5) is 11.4 Å². The van der Waals surface area contributed by atoms with Crippen LogP contribution in [0, 0.1) is 3.57 Å². The molecule has 0 aliphatic carbocycles. The van der Waals surface area contributed by atoms with E-state index in [4.69, 9.17) is 11.6 Å². The van der Waals surface area contributed by atoms with Crippen LogP contribution in [0.5, 0.6) is 0 Å². The van der Waals surface area contributed by atoms with Crippen molar-refractivity contribution in [2.75, 3.05) is 17.2 Å². The molecule has 110 valence electrons. The number of carbonyl (C=O) groups is 1. The summed E-state index contributed by atoms with van der Waals surface area (Å²) in [6.45, 7) is 2.87. The van der Waals surface area contributed by atoms with Crippen LogP contribution < -0.4 is 10.6 Å². The lowest BCUT2D eigenvalue weighted by molar-refractivity contribution is 0.102. The van der Waals surface area contributed by atoms with Gasteiger partial charge in [-0.15, -0.1) is 0 Å². The number of hydrogen-bond acceptors (Lipinski definition) is 3. The fourth-order valence-corrected chi connectivity index (χ4v) is 2.67. The molecule has 0 radical (unpaired) electrons. The Kier molecular flexibility index (Phi) is 5.81. The first kappa shape index (κ1) is 16.0. The van der Waals surface area contributed by atoms with Crippen LogP contribution in [0.25, 0.3) is 0 Å². The summed E-state index contributed by atoms with van der Waals surface area (Å²) < 4.78 is 1.02. The molecule has 2 N–H and O–H groups in total. The second-order valence-corrected chi connectivity index (χ2v) is 6.08. The van der Waals surface area contributed by atoms with Gasteiger partial charge < -0.3 is 10.6 Å².